The van der Waals surface area contributed by atoms with E-state index in [0.29, 0.717) is 23.8 Å². The van der Waals surface area contributed by atoms with E-state index in [-0.39, 0.29) is 12.2 Å². The van der Waals surface area contributed by atoms with Crippen molar-refractivity contribution in [1.29, 1.82) is 0 Å². The molecule has 1 fully saturated rings. The number of nitrogens with one attached hydrogen (secondary N) is 1. The van der Waals surface area contributed by atoms with Gasteiger partial charge in [-0.2, -0.15) is 0 Å². The summed E-state index contributed by atoms with van der Waals surface area (Å²) < 4.78 is 5.57. The largest absolute Gasteiger partial charge is 0.372 e. The molecule has 0 radical (unpaired) electrons. The van der Waals surface area contributed by atoms with E-state index in [1.807, 2.05) is 33.8 Å². The molecule has 2 unspecified atom stereocenters. The number of rotatable bonds is 1. The molecule has 2 atom stereocenters. The van der Waals surface area contributed by atoms with Crippen LogP contribution in [0, 0.1) is 13.8 Å². The second-order valence-electron chi connectivity index (χ2n) is 5.86. The van der Waals surface area contributed by atoms with Crippen molar-refractivity contribution < 1.29 is 14.3 Å². The van der Waals surface area contributed by atoms with E-state index in [1.54, 1.807) is 6.07 Å². The molecule has 1 aliphatic rings. The summed E-state index contributed by atoms with van der Waals surface area (Å²) in [6, 6.07) is 3.67. The fourth-order valence-electron chi connectivity index (χ4n) is 2.73. The van der Waals surface area contributed by atoms with Gasteiger partial charge in [0, 0.05) is 13.1 Å². The number of ether oxygens (including phenoxy) is 1. The van der Waals surface area contributed by atoms with Gasteiger partial charge in [0.15, 0.2) is 0 Å². The fraction of sp³-hybridized carbons (Fsp3) is 0.500. The van der Waals surface area contributed by atoms with Gasteiger partial charge < -0.3 is 15.0 Å². The maximum Gasteiger partial charge on any atom is 0.313 e. The van der Waals surface area contributed by atoms with Crippen LogP contribution in [0.25, 0.3) is 0 Å². The lowest BCUT2D eigenvalue weighted by molar-refractivity contribution is -0.151. The molecule has 0 aliphatic carbocycles. The molecule has 1 aromatic rings. The summed E-state index contributed by atoms with van der Waals surface area (Å²) in [4.78, 5) is 26.0. The third-order valence-corrected chi connectivity index (χ3v) is 3.87. The zero-order valence-electron chi connectivity index (χ0n) is 13.3. The summed E-state index contributed by atoms with van der Waals surface area (Å²) in [6.45, 7) is 8.36. The molecular formula is C16H21ClN2O3. The zero-order valence-corrected chi connectivity index (χ0v) is 14.0. The highest BCUT2D eigenvalue weighted by Gasteiger charge is 2.30. The summed E-state index contributed by atoms with van der Waals surface area (Å²) in [5, 5.41) is 3.06. The van der Waals surface area contributed by atoms with Crippen LogP contribution in [0.5, 0.6) is 0 Å². The first-order valence-corrected chi connectivity index (χ1v) is 7.68. The lowest BCUT2D eigenvalue weighted by Gasteiger charge is -2.34. The van der Waals surface area contributed by atoms with Crippen molar-refractivity contribution in [2.24, 2.45) is 0 Å². The van der Waals surface area contributed by atoms with Gasteiger partial charge in [0.2, 0.25) is 0 Å². The van der Waals surface area contributed by atoms with E-state index in [0.717, 1.165) is 11.1 Å². The number of aryl methyl sites for hydroxylation is 2. The Kier molecular flexibility index (Phi) is 5.08. The monoisotopic (exact) mass is 324 g/mol. The third kappa shape index (κ3) is 3.78. The molecule has 0 aromatic heterocycles. The molecule has 0 bridgehead atoms. The number of carbonyl (C=O) groups excluding carboxylic acids is 2. The highest BCUT2D eigenvalue weighted by molar-refractivity contribution is 6.41. The molecule has 0 saturated carbocycles. The number of halogens is 1. The summed E-state index contributed by atoms with van der Waals surface area (Å²) in [7, 11) is 0. The minimum atomic E-state index is -0.671. The smallest absolute Gasteiger partial charge is 0.313 e. The predicted octanol–water partition coefficient (Wildman–Crippen LogP) is 2.53. The van der Waals surface area contributed by atoms with Gasteiger partial charge in [0.25, 0.3) is 0 Å². The van der Waals surface area contributed by atoms with Crippen LogP contribution >= 0.6 is 11.6 Å². The Morgan fingerprint density at radius 3 is 2.36 bits per heavy atom. The first-order chi connectivity index (χ1) is 10.3. The normalized spacial score (nSPS) is 21.6. The Bertz CT molecular complexity index is 570. The van der Waals surface area contributed by atoms with Crippen LogP contribution in [0.3, 0.4) is 0 Å². The molecule has 2 rings (SSSR count). The molecule has 22 heavy (non-hydrogen) atoms. The zero-order chi connectivity index (χ0) is 16.4. The highest BCUT2D eigenvalue weighted by atomic mass is 35.5. The average Bonchev–Trinajstić information content (AvgIpc) is 2.40. The van der Waals surface area contributed by atoms with Crippen LogP contribution in [0.1, 0.15) is 25.0 Å². The minimum Gasteiger partial charge on any atom is -0.372 e. The lowest BCUT2D eigenvalue weighted by atomic mass is 10.1. The van der Waals surface area contributed by atoms with Crippen molar-refractivity contribution in [3.05, 3.63) is 28.3 Å². The van der Waals surface area contributed by atoms with E-state index in [9.17, 15) is 9.59 Å². The molecule has 2 amide bonds. The van der Waals surface area contributed by atoms with Crippen molar-refractivity contribution in [1.82, 2.24) is 4.90 Å². The average molecular weight is 325 g/mol. The van der Waals surface area contributed by atoms with Crippen LogP contribution in [0.2, 0.25) is 5.02 Å². The molecule has 0 spiro atoms. The quantitative estimate of drug-likeness (QED) is 0.808. The molecule has 6 heteroatoms. The number of nitrogens with zero attached hydrogens (tertiary/aromatic N) is 1. The maximum atomic E-state index is 12.3. The van der Waals surface area contributed by atoms with Gasteiger partial charge >= 0.3 is 11.8 Å². The van der Waals surface area contributed by atoms with Crippen LogP contribution in [0.15, 0.2) is 12.1 Å². The van der Waals surface area contributed by atoms with Crippen LogP contribution in [0.4, 0.5) is 5.69 Å². The van der Waals surface area contributed by atoms with Crippen LogP contribution < -0.4 is 5.32 Å². The third-order valence-electron chi connectivity index (χ3n) is 3.57. The summed E-state index contributed by atoms with van der Waals surface area (Å²) >= 11 is 6.16. The summed E-state index contributed by atoms with van der Waals surface area (Å²) in [5.41, 5.74) is 2.32. The first-order valence-electron chi connectivity index (χ1n) is 7.30. The number of anilines is 1. The van der Waals surface area contributed by atoms with Gasteiger partial charge in [-0.3, -0.25) is 9.59 Å². The number of amides is 2. The van der Waals surface area contributed by atoms with E-state index >= 15 is 0 Å². The standard InChI is InChI=1S/C16H21ClN2O3/c1-9-5-10(2)14(13(17)6-9)18-15(20)16(21)19-7-11(3)22-12(4)8-19/h5-6,11-12H,7-8H2,1-4H3,(H,18,20). The molecule has 1 heterocycles. The molecule has 1 saturated heterocycles. The SMILES string of the molecule is Cc1cc(C)c(NC(=O)C(=O)N2CC(C)OC(C)C2)c(Cl)c1. The summed E-state index contributed by atoms with van der Waals surface area (Å²) in [5.74, 6) is -1.23. The van der Waals surface area contributed by atoms with Gasteiger partial charge in [-0.1, -0.05) is 17.7 Å². The Hall–Kier alpha value is -1.59. The van der Waals surface area contributed by atoms with Gasteiger partial charge in [0.05, 0.1) is 22.9 Å². The minimum absolute atomic E-state index is 0.0785. The topological polar surface area (TPSA) is 58.6 Å². The fourth-order valence-corrected chi connectivity index (χ4v) is 3.10. The Balaban J connectivity index is 2.11. The number of hydrogen-bond acceptors (Lipinski definition) is 3. The molecule has 120 valence electrons. The van der Waals surface area contributed by atoms with Crippen molar-refractivity contribution in [3.8, 4) is 0 Å². The lowest BCUT2D eigenvalue weighted by Crippen LogP contribution is -2.51. The Morgan fingerprint density at radius 2 is 1.82 bits per heavy atom. The summed E-state index contributed by atoms with van der Waals surface area (Å²) in [6.07, 6.45) is -0.157. The van der Waals surface area contributed by atoms with E-state index in [4.69, 9.17) is 16.3 Å². The molecular weight excluding hydrogens is 304 g/mol. The maximum absolute atomic E-state index is 12.3. The van der Waals surface area contributed by atoms with Crippen molar-refractivity contribution in [3.63, 3.8) is 0 Å². The van der Waals surface area contributed by atoms with E-state index in [1.165, 1.54) is 4.90 Å². The Labute approximate surface area is 135 Å². The molecule has 1 N–H and O–H groups in total. The second-order valence-corrected chi connectivity index (χ2v) is 6.27. The van der Waals surface area contributed by atoms with Crippen molar-refractivity contribution >= 4 is 29.1 Å². The highest BCUT2D eigenvalue weighted by Crippen LogP contribution is 2.27. The van der Waals surface area contributed by atoms with E-state index in [2.05, 4.69) is 5.32 Å². The first kappa shape index (κ1) is 16.8. The second kappa shape index (κ2) is 6.67. The van der Waals surface area contributed by atoms with Gasteiger partial charge in [-0.15, -0.1) is 0 Å². The van der Waals surface area contributed by atoms with E-state index < -0.39 is 11.8 Å². The van der Waals surface area contributed by atoms with Gasteiger partial charge in [0.1, 0.15) is 0 Å². The Morgan fingerprint density at radius 1 is 1.23 bits per heavy atom. The van der Waals surface area contributed by atoms with Crippen LogP contribution in [-0.4, -0.2) is 42.0 Å². The van der Waals surface area contributed by atoms with Crippen LogP contribution in [-0.2, 0) is 14.3 Å². The molecule has 1 aromatic carbocycles. The van der Waals surface area contributed by atoms with Gasteiger partial charge in [-0.25, -0.2) is 0 Å². The van der Waals surface area contributed by atoms with Gasteiger partial charge in [-0.05, 0) is 44.9 Å². The molecule has 5 nitrogen and oxygen atoms in total. The number of hydrogen-bond donors (Lipinski definition) is 1. The number of benzene rings is 1. The van der Waals surface area contributed by atoms with Crippen molar-refractivity contribution in [2.75, 3.05) is 18.4 Å². The number of carbonyl (C=O) groups is 2. The van der Waals surface area contributed by atoms with Crippen molar-refractivity contribution in [2.45, 2.75) is 39.9 Å². The molecule has 1 aliphatic heterocycles. The predicted molar refractivity (Wildman–Crippen MR) is 86.1 cm³/mol. The number of morpholine rings is 1.